The highest BCUT2D eigenvalue weighted by atomic mass is 32.2. The summed E-state index contributed by atoms with van der Waals surface area (Å²) in [6.07, 6.45) is -3.91. The summed E-state index contributed by atoms with van der Waals surface area (Å²) in [6.45, 7) is 3.99. The fraction of sp³-hybridized carbons (Fsp3) is 0.462. The standard InChI is InChI=1S/C13H13F3OS/c1-12(2)5-6-18-10-4-3-8(7-9(10)12)11(17)13(14,15)16/h3-4,7H,5-6H2,1-2H3. The van der Waals surface area contributed by atoms with E-state index in [1.54, 1.807) is 17.8 Å². The third-order valence-electron chi connectivity index (χ3n) is 3.21. The lowest BCUT2D eigenvalue weighted by molar-refractivity contribution is -0.0885. The summed E-state index contributed by atoms with van der Waals surface area (Å²) in [7, 11) is 0. The minimum atomic E-state index is -4.81. The minimum absolute atomic E-state index is 0.178. The smallest absolute Gasteiger partial charge is 0.284 e. The number of carbonyl (C=O) groups excluding carboxylic acids is 1. The zero-order valence-electron chi connectivity index (χ0n) is 10.1. The number of halogens is 3. The molecule has 0 saturated heterocycles. The molecule has 0 unspecified atom stereocenters. The molecule has 1 aliphatic rings. The summed E-state index contributed by atoms with van der Waals surface area (Å²) in [5.74, 6) is -0.816. The monoisotopic (exact) mass is 274 g/mol. The Labute approximate surface area is 108 Å². The zero-order valence-corrected chi connectivity index (χ0v) is 10.9. The highest BCUT2D eigenvalue weighted by Crippen LogP contribution is 2.42. The molecule has 98 valence electrons. The molecule has 1 nitrogen and oxygen atoms in total. The van der Waals surface area contributed by atoms with Gasteiger partial charge >= 0.3 is 6.18 Å². The van der Waals surface area contributed by atoms with Crippen LogP contribution in [0, 0.1) is 0 Å². The molecule has 1 heterocycles. The van der Waals surface area contributed by atoms with Gasteiger partial charge < -0.3 is 0 Å². The molecular formula is C13H13F3OS. The summed E-state index contributed by atoms with van der Waals surface area (Å²) >= 11 is 1.63. The molecule has 1 aliphatic heterocycles. The molecule has 0 aromatic heterocycles. The minimum Gasteiger partial charge on any atom is -0.284 e. The van der Waals surface area contributed by atoms with E-state index in [2.05, 4.69) is 0 Å². The van der Waals surface area contributed by atoms with E-state index in [0.29, 0.717) is 0 Å². The topological polar surface area (TPSA) is 17.1 Å². The van der Waals surface area contributed by atoms with Crippen molar-refractivity contribution in [3.63, 3.8) is 0 Å². The van der Waals surface area contributed by atoms with Crippen LogP contribution >= 0.6 is 11.8 Å². The Balaban J connectivity index is 2.47. The number of alkyl halides is 3. The number of rotatable bonds is 1. The van der Waals surface area contributed by atoms with Gasteiger partial charge in [-0.25, -0.2) is 0 Å². The molecule has 18 heavy (non-hydrogen) atoms. The zero-order chi connectivity index (χ0) is 13.6. The van der Waals surface area contributed by atoms with E-state index in [9.17, 15) is 18.0 Å². The molecule has 0 fully saturated rings. The predicted octanol–water partition coefficient (Wildman–Crippen LogP) is 4.21. The number of thioether (sulfide) groups is 1. The van der Waals surface area contributed by atoms with Crippen LogP contribution in [0.3, 0.4) is 0 Å². The van der Waals surface area contributed by atoms with Crippen LogP contribution in [0.25, 0.3) is 0 Å². The highest BCUT2D eigenvalue weighted by molar-refractivity contribution is 7.99. The number of carbonyl (C=O) groups is 1. The predicted molar refractivity (Wildman–Crippen MR) is 65.2 cm³/mol. The van der Waals surface area contributed by atoms with Crippen LogP contribution in [-0.2, 0) is 5.41 Å². The van der Waals surface area contributed by atoms with Gasteiger partial charge in [0.25, 0.3) is 5.78 Å². The maximum absolute atomic E-state index is 12.4. The average Bonchev–Trinajstić information content (AvgIpc) is 2.26. The molecule has 1 aromatic rings. The number of hydrogen-bond acceptors (Lipinski definition) is 2. The molecule has 0 aliphatic carbocycles. The molecule has 2 rings (SSSR count). The van der Waals surface area contributed by atoms with E-state index >= 15 is 0 Å². The van der Waals surface area contributed by atoms with Crippen molar-refractivity contribution in [1.82, 2.24) is 0 Å². The van der Waals surface area contributed by atoms with Crippen LogP contribution in [0.15, 0.2) is 23.1 Å². The second-order valence-electron chi connectivity index (χ2n) is 5.02. The first kappa shape index (κ1) is 13.5. The molecule has 0 spiro atoms. The second kappa shape index (κ2) is 4.30. The van der Waals surface area contributed by atoms with Crippen LogP contribution in [-0.4, -0.2) is 17.7 Å². The van der Waals surface area contributed by atoms with E-state index in [0.717, 1.165) is 22.6 Å². The van der Waals surface area contributed by atoms with Crippen molar-refractivity contribution in [3.8, 4) is 0 Å². The summed E-state index contributed by atoms with van der Waals surface area (Å²) in [4.78, 5) is 12.2. The first-order chi connectivity index (χ1) is 8.22. The quantitative estimate of drug-likeness (QED) is 0.714. The van der Waals surface area contributed by atoms with E-state index < -0.39 is 12.0 Å². The van der Waals surface area contributed by atoms with Crippen molar-refractivity contribution in [2.75, 3.05) is 5.75 Å². The Bertz CT molecular complexity index is 491. The van der Waals surface area contributed by atoms with E-state index in [-0.39, 0.29) is 11.0 Å². The van der Waals surface area contributed by atoms with Gasteiger partial charge in [-0.2, -0.15) is 13.2 Å². The lowest BCUT2D eigenvalue weighted by Gasteiger charge is -2.32. The largest absolute Gasteiger partial charge is 0.454 e. The Morgan fingerprint density at radius 2 is 2.00 bits per heavy atom. The van der Waals surface area contributed by atoms with Crippen LogP contribution in [0.2, 0.25) is 0 Å². The SMILES string of the molecule is CC1(C)CCSc2ccc(C(=O)C(F)(F)F)cc21. The lowest BCUT2D eigenvalue weighted by atomic mass is 9.81. The van der Waals surface area contributed by atoms with Crippen molar-refractivity contribution in [3.05, 3.63) is 29.3 Å². The molecule has 5 heteroatoms. The Morgan fingerprint density at radius 3 is 2.61 bits per heavy atom. The van der Waals surface area contributed by atoms with Gasteiger partial charge in [0.2, 0.25) is 0 Å². The molecule has 0 bridgehead atoms. The number of Topliss-reactive ketones (excluding diaryl/α,β-unsaturated/α-hetero) is 1. The van der Waals surface area contributed by atoms with Gasteiger partial charge in [-0.05, 0) is 41.4 Å². The molecule has 0 radical (unpaired) electrons. The molecule has 0 saturated carbocycles. The Hall–Kier alpha value is -0.970. The third kappa shape index (κ3) is 2.41. The Morgan fingerprint density at radius 1 is 1.33 bits per heavy atom. The van der Waals surface area contributed by atoms with Crippen LogP contribution in [0.1, 0.15) is 36.2 Å². The summed E-state index contributed by atoms with van der Waals surface area (Å²) in [6, 6.07) is 4.29. The number of ketones is 1. The summed E-state index contributed by atoms with van der Waals surface area (Å²) in [5.41, 5.74) is 0.397. The number of hydrogen-bond donors (Lipinski definition) is 0. The van der Waals surface area contributed by atoms with Gasteiger partial charge in [-0.1, -0.05) is 13.8 Å². The van der Waals surface area contributed by atoms with Crippen molar-refractivity contribution in [1.29, 1.82) is 0 Å². The van der Waals surface area contributed by atoms with Gasteiger partial charge in [0.05, 0.1) is 0 Å². The fourth-order valence-electron chi connectivity index (χ4n) is 2.04. The Kier molecular flexibility index (Phi) is 3.21. The average molecular weight is 274 g/mol. The van der Waals surface area contributed by atoms with Crippen LogP contribution < -0.4 is 0 Å². The maximum Gasteiger partial charge on any atom is 0.454 e. The third-order valence-corrected chi connectivity index (χ3v) is 4.29. The van der Waals surface area contributed by atoms with E-state index in [1.165, 1.54) is 12.1 Å². The molecular weight excluding hydrogens is 261 g/mol. The highest BCUT2D eigenvalue weighted by Gasteiger charge is 2.40. The fourth-order valence-corrected chi connectivity index (χ4v) is 3.53. The number of benzene rings is 1. The van der Waals surface area contributed by atoms with Crippen molar-refractivity contribution < 1.29 is 18.0 Å². The van der Waals surface area contributed by atoms with Gasteiger partial charge in [0, 0.05) is 10.5 Å². The van der Waals surface area contributed by atoms with Crippen molar-refractivity contribution in [2.45, 2.75) is 36.8 Å². The van der Waals surface area contributed by atoms with Crippen LogP contribution in [0.4, 0.5) is 13.2 Å². The normalized spacial score (nSPS) is 18.3. The van der Waals surface area contributed by atoms with Gasteiger partial charge in [0.1, 0.15) is 0 Å². The second-order valence-corrected chi connectivity index (χ2v) is 6.16. The molecule has 1 aromatic carbocycles. The van der Waals surface area contributed by atoms with Gasteiger partial charge in [0.15, 0.2) is 0 Å². The maximum atomic E-state index is 12.4. The summed E-state index contributed by atoms with van der Waals surface area (Å²) < 4.78 is 37.2. The van der Waals surface area contributed by atoms with E-state index in [4.69, 9.17) is 0 Å². The molecule has 0 N–H and O–H groups in total. The van der Waals surface area contributed by atoms with Crippen LogP contribution in [0.5, 0.6) is 0 Å². The van der Waals surface area contributed by atoms with Gasteiger partial charge in [-0.3, -0.25) is 4.79 Å². The first-order valence-electron chi connectivity index (χ1n) is 5.61. The van der Waals surface area contributed by atoms with Crippen molar-refractivity contribution in [2.24, 2.45) is 0 Å². The first-order valence-corrected chi connectivity index (χ1v) is 6.59. The number of fused-ring (bicyclic) bond motifs is 1. The van der Waals surface area contributed by atoms with Gasteiger partial charge in [-0.15, -0.1) is 11.8 Å². The van der Waals surface area contributed by atoms with E-state index in [1.807, 2.05) is 13.8 Å². The lowest BCUT2D eigenvalue weighted by Crippen LogP contribution is -2.26. The summed E-state index contributed by atoms with van der Waals surface area (Å²) in [5, 5.41) is 0. The molecule has 0 atom stereocenters. The molecule has 0 amide bonds. The van der Waals surface area contributed by atoms with Crippen molar-refractivity contribution >= 4 is 17.5 Å².